The van der Waals surface area contributed by atoms with E-state index < -0.39 is 11.2 Å². The molecule has 0 radical (unpaired) electrons. The molecule has 0 aromatic rings. The van der Waals surface area contributed by atoms with Gasteiger partial charge in [0.25, 0.3) is 0 Å². The van der Waals surface area contributed by atoms with Gasteiger partial charge >= 0.3 is 0 Å². The average molecular weight is 310 g/mol. The summed E-state index contributed by atoms with van der Waals surface area (Å²) in [4.78, 5) is 0. The van der Waals surface area contributed by atoms with Gasteiger partial charge in [0.1, 0.15) is 0 Å². The molecule has 128 valence electrons. The summed E-state index contributed by atoms with van der Waals surface area (Å²) in [6.07, 6.45) is 8.00. The zero-order valence-corrected chi connectivity index (χ0v) is 14.4. The van der Waals surface area contributed by atoms with Crippen LogP contribution in [0.15, 0.2) is 0 Å². The number of hydrogen-bond acceptors (Lipinski definition) is 4. The van der Waals surface area contributed by atoms with E-state index in [-0.39, 0.29) is 12.1 Å². The fraction of sp³-hybridized carbons (Fsp3) is 1.00. The Morgan fingerprint density at radius 2 is 1.68 bits per heavy atom. The Morgan fingerprint density at radius 1 is 0.909 bits per heavy atom. The Hall–Kier alpha value is -0.160. The van der Waals surface area contributed by atoms with E-state index in [9.17, 15) is 10.2 Å². The summed E-state index contributed by atoms with van der Waals surface area (Å²) in [6.45, 7) is 6.90. The van der Waals surface area contributed by atoms with Gasteiger partial charge in [-0.15, -0.1) is 0 Å². The van der Waals surface area contributed by atoms with Crippen molar-refractivity contribution in [2.45, 2.75) is 95.0 Å². The molecule has 0 spiro atoms. The molecule has 3 fully saturated rings. The number of rotatable bonds is 4. The molecule has 3 rings (SSSR count). The Kier molecular flexibility index (Phi) is 4.59. The monoisotopic (exact) mass is 310 g/mol. The highest BCUT2D eigenvalue weighted by Gasteiger charge is 2.46. The summed E-state index contributed by atoms with van der Waals surface area (Å²) in [7, 11) is 0. The minimum absolute atomic E-state index is 0.216. The van der Waals surface area contributed by atoms with Crippen LogP contribution in [-0.2, 0) is 0 Å². The molecule has 4 nitrogen and oxygen atoms in total. The predicted molar refractivity (Wildman–Crippen MR) is 88.7 cm³/mol. The lowest BCUT2D eigenvalue weighted by molar-refractivity contribution is -0.0295. The summed E-state index contributed by atoms with van der Waals surface area (Å²) in [5.41, 5.74) is -1.20. The van der Waals surface area contributed by atoms with Gasteiger partial charge in [0.15, 0.2) is 0 Å². The smallest absolute Gasteiger partial charge is 0.0800 e. The number of nitrogens with one attached hydrogen (secondary N) is 2. The first-order valence-corrected chi connectivity index (χ1v) is 9.22. The molecule has 1 saturated carbocycles. The van der Waals surface area contributed by atoms with Crippen LogP contribution in [0.4, 0.5) is 0 Å². The van der Waals surface area contributed by atoms with Crippen LogP contribution in [0.5, 0.6) is 0 Å². The van der Waals surface area contributed by atoms with E-state index in [1.165, 1.54) is 12.8 Å². The first kappa shape index (κ1) is 16.7. The van der Waals surface area contributed by atoms with E-state index in [0.717, 1.165) is 38.6 Å². The van der Waals surface area contributed by atoms with Crippen LogP contribution >= 0.6 is 0 Å². The molecule has 4 heteroatoms. The van der Waals surface area contributed by atoms with Crippen molar-refractivity contribution in [3.63, 3.8) is 0 Å². The average Bonchev–Trinajstić information content (AvgIpc) is 3.18. The molecule has 3 unspecified atom stereocenters. The van der Waals surface area contributed by atoms with Crippen molar-refractivity contribution in [3.05, 3.63) is 0 Å². The molecule has 0 bridgehead atoms. The highest BCUT2D eigenvalue weighted by molar-refractivity contribution is 5.02. The van der Waals surface area contributed by atoms with Crippen LogP contribution < -0.4 is 10.6 Å². The maximum absolute atomic E-state index is 11.0. The van der Waals surface area contributed by atoms with Gasteiger partial charge in [-0.25, -0.2) is 0 Å². The highest BCUT2D eigenvalue weighted by Crippen LogP contribution is 2.44. The summed E-state index contributed by atoms with van der Waals surface area (Å²) < 4.78 is 0. The quantitative estimate of drug-likeness (QED) is 0.639. The topological polar surface area (TPSA) is 64.5 Å². The molecule has 1 aliphatic carbocycles. The van der Waals surface area contributed by atoms with Crippen molar-refractivity contribution in [2.75, 3.05) is 6.54 Å². The second-order valence-corrected chi connectivity index (χ2v) is 8.70. The Labute approximate surface area is 135 Å². The lowest BCUT2D eigenvalue weighted by Crippen LogP contribution is -2.50. The fourth-order valence-electron chi connectivity index (χ4n) is 5.08. The van der Waals surface area contributed by atoms with Gasteiger partial charge in [-0.1, -0.05) is 0 Å². The molecule has 2 saturated heterocycles. The van der Waals surface area contributed by atoms with Crippen molar-refractivity contribution >= 4 is 0 Å². The minimum Gasteiger partial charge on any atom is -0.389 e. The Morgan fingerprint density at radius 3 is 2.27 bits per heavy atom. The minimum atomic E-state index is -0.633. The molecule has 3 aliphatic rings. The van der Waals surface area contributed by atoms with Crippen LogP contribution in [0, 0.1) is 11.8 Å². The molecule has 2 aliphatic heterocycles. The van der Waals surface area contributed by atoms with E-state index in [2.05, 4.69) is 10.6 Å². The summed E-state index contributed by atoms with van der Waals surface area (Å²) in [5, 5.41) is 28.4. The maximum atomic E-state index is 11.0. The molecule has 0 amide bonds. The molecule has 4 N–H and O–H groups in total. The zero-order chi connectivity index (χ0) is 16.0. The molecule has 0 aromatic heterocycles. The predicted octanol–water partition coefficient (Wildman–Crippen LogP) is 1.80. The molecule has 22 heavy (non-hydrogen) atoms. The van der Waals surface area contributed by atoms with E-state index in [1.807, 2.05) is 20.8 Å². The number of aliphatic hydroxyl groups is 2. The normalized spacial score (nSPS) is 42.7. The van der Waals surface area contributed by atoms with Gasteiger partial charge in [0, 0.05) is 18.1 Å². The Balaban J connectivity index is 1.56. The van der Waals surface area contributed by atoms with Crippen LogP contribution in [0.2, 0.25) is 0 Å². The lowest BCUT2D eigenvalue weighted by Gasteiger charge is -2.36. The van der Waals surface area contributed by atoms with Crippen molar-refractivity contribution in [2.24, 2.45) is 11.8 Å². The third-order valence-electron chi connectivity index (χ3n) is 6.67. The van der Waals surface area contributed by atoms with Gasteiger partial charge in [-0.05, 0) is 84.1 Å². The second kappa shape index (κ2) is 6.04. The molecule has 2 heterocycles. The summed E-state index contributed by atoms with van der Waals surface area (Å²) >= 11 is 0. The molecule has 0 aromatic carbocycles. The van der Waals surface area contributed by atoms with Crippen LogP contribution in [0.25, 0.3) is 0 Å². The van der Waals surface area contributed by atoms with Crippen molar-refractivity contribution in [3.8, 4) is 0 Å². The van der Waals surface area contributed by atoms with E-state index in [0.29, 0.717) is 17.9 Å². The maximum Gasteiger partial charge on any atom is 0.0800 e. The van der Waals surface area contributed by atoms with Gasteiger partial charge in [0.2, 0.25) is 0 Å². The largest absolute Gasteiger partial charge is 0.389 e. The van der Waals surface area contributed by atoms with Crippen molar-refractivity contribution < 1.29 is 10.2 Å². The summed E-state index contributed by atoms with van der Waals surface area (Å²) in [6, 6.07) is 1.01. The van der Waals surface area contributed by atoms with E-state index >= 15 is 0 Å². The zero-order valence-electron chi connectivity index (χ0n) is 14.4. The van der Waals surface area contributed by atoms with Crippen molar-refractivity contribution in [1.82, 2.24) is 10.6 Å². The van der Waals surface area contributed by atoms with Gasteiger partial charge in [-0.2, -0.15) is 0 Å². The molecule has 6 atom stereocenters. The lowest BCUT2D eigenvalue weighted by atomic mass is 9.80. The second-order valence-electron chi connectivity index (χ2n) is 8.70. The molecular formula is C18H34N2O2. The van der Waals surface area contributed by atoms with Gasteiger partial charge in [-0.3, -0.25) is 0 Å². The summed E-state index contributed by atoms with van der Waals surface area (Å²) in [5.74, 6) is 1.07. The van der Waals surface area contributed by atoms with Gasteiger partial charge in [0.05, 0.1) is 11.2 Å². The first-order chi connectivity index (χ1) is 10.3. The third kappa shape index (κ3) is 3.21. The first-order valence-electron chi connectivity index (χ1n) is 9.22. The van der Waals surface area contributed by atoms with Crippen LogP contribution in [-0.4, -0.2) is 46.1 Å². The fourth-order valence-corrected chi connectivity index (χ4v) is 5.08. The van der Waals surface area contributed by atoms with Gasteiger partial charge < -0.3 is 20.8 Å². The standard InChI is InChI=1S/C18H34N2O2/c1-17(2,21)15-9-8-14(20-15)12-6-7-13(11-12)18(3,22)16-5-4-10-19-16/h12-16,19-22H,4-11H2,1-3H3/t12?,13?,14?,15-,16-,18+/m0/s1. The third-order valence-corrected chi connectivity index (χ3v) is 6.67. The number of hydrogen-bond donors (Lipinski definition) is 4. The van der Waals surface area contributed by atoms with Crippen LogP contribution in [0.1, 0.15) is 65.7 Å². The Bertz CT molecular complexity index is 385. The highest BCUT2D eigenvalue weighted by atomic mass is 16.3. The van der Waals surface area contributed by atoms with Crippen molar-refractivity contribution in [1.29, 1.82) is 0 Å². The van der Waals surface area contributed by atoms with E-state index in [1.54, 1.807) is 0 Å². The SMILES string of the molecule is CC(C)(O)[C@@H]1CCC(C2CCC([C@@](C)(O)[C@@H]3CCCN3)C2)N1. The van der Waals surface area contributed by atoms with E-state index in [4.69, 9.17) is 0 Å². The van der Waals surface area contributed by atoms with Crippen LogP contribution in [0.3, 0.4) is 0 Å². The molecular weight excluding hydrogens is 276 g/mol.